The molecule has 1 heterocycles. The molecule has 0 amide bonds. The molecule has 0 aliphatic carbocycles. The molecule has 1 aromatic carbocycles. The lowest BCUT2D eigenvalue weighted by Crippen LogP contribution is -2.37. The van der Waals surface area contributed by atoms with E-state index >= 15 is 0 Å². The normalized spacial score (nSPS) is 20.0. The molecule has 1 aromatic rings. The minimum Gasteiger partial charge on any atom is -0.315 e. The topological polar surface area (TPSA) is 24.1 Å². The minimum absolute atomic E-state index is 0.244. The van der Waals surface area contributed by atoms with Gasteiger partial charge in [0.05, 0.1) is 0 Å². The van der Waals surface area contributed by atoms with Crippen molar-refractivity contribution in [1.82, 2.24) is 10.6 Å². The Labute approximate surface area is 118 Å². The SMILES string of the molecule is CC1(Cc2ccc(C(C)(C)C)cc2)CNCCNC1. The Hall–Kier alpha value is -0.860. The van der Waals surface area contributed by atoms with Crippen LogP contribution in [-0.4, -0.2) is 26.2 Å². The van der Waals surface area contributed by atoms with Crippen molar-refractivity contribution in [3.8, 4) is 0 Å². The van der Waals surface area contributed by atoms with Crippen molar-refractivity contribution >= 4 is 0 Å². The van der Waals surface area contributed by atoms with Gasteiger partial charge in [-0.2, -0.15) is 0 Å². The van der Waals surface area contributed by atoms with Crippen LogP contribution in [0.4, 0.5) is 0 Å². The third-order valence-corrected chi connectivity index (χ3v) is 4.03. The number of nitrogens with one attached hydrogen (secondary N) is 2. The molecule has 19 heavy (non-hydrogen) atoms. The summed E-state index contributed by atoms with van der Waals surface area (Å²) in [4.78, 5) is 0. The highest BCUT2D eigenvalue weighted by Gasteiger charge is 2.25. The van der Waals surface area contributed by atoms with Gasteiger partial charge in [0, 0.05) is 26.2 Å². The maximum atomic E-state index is 3.53. The Balaban J connectivity index is 2.06. The van der Waals surface area contributed by atoms with E-state index in [1.807, 2.05) is 0 Å². The fourth-order valence-corrected chi connectivity index (χ4v) is 2.76. The van der Waals surface area contributed by atoms with Gasteiger partial charge in [0.2, 0.25) is 0 Å². The van der Waals surface area contributed by atoms with Crippen LogP contribution in [0.5, 0.6) is 0 Å². The highest BCUT2D eigenvalue weighted by Crippen LogP contribution is 2.26. The van der Waals surface area contributed by atoms with Crippen LogP contribution in [0.15, 0.2) is 24.3 Å². The summed E-state index contributed by atoms with van der Waals surface area (Å²) >= 11 is 0. The predicted octanol–water partition coefficient (Wildman–Crippen LogP) is 2.73. The summed E-state index contributed by atoms with van der Waals surface area (Å²) in [5.74, 6) is 0. The standard InChI is InChI=1S/C17H28N2/c1-16(2,3)15-7-5-14(6-8-15)11-17(4)12-18-9-10-19-13-17/h5-8,18-19H,9-13H2,1-4H3. The van der Waals surface area contributed by atoms with Crippen LogP contribution in [0.2, 0.25) is 0 Å². The molecule has 2 heteroatoms. The van der Waals surface area contributed by atoms with Crippen LogP contribution < -0.4 is 10.6 Å². The second-order valence-corrected chi connectivity index (χ2v) is 7.29. The van der Waals surface area contributed by atoms with Gasteiger partial charge in [-0.05, 0) is 28.4 Å². The molecule has 1 aliphatic rings. The highest BCUT2D eigenvalue weighted by atomic mass is 15.0. The van der Waals surface area contributed by atoms with E-state index in [4.69, 9.17) is 0 Å². The van der Waals surface area contributed by atoms with Gasteiger partial charge in [-0.25, -0.2) is 0 Å². The van der Waals surface area contributed by atoms with Gasteiger partial charge in [0.1, 0.15) is 0 Å². The molecular formula is C17H28N2. The van der Waals surface area contributed by atoms with E-state index < -0.39 is 0 Å². The van der Waals surface area contributed by atoms with Crippen LogP contribution in [0.1, 0.15) is 38.8 Å². The quantitative estimate of drug-likeness (QED) is 0.854. The first-order chi connectivity index (χ1) is 8.89. The molecule has 1 fully saturated rings. The molecule has 1 aliphatic heterocycles. The molecule has 1 saturated heterocycles. The third kappa shape index (κ3) is 4.05. The molecule has 2 N–H and O–H groups in total. The van der Waals surface area contributed by atoms with Crippen molar-refractivity contribution < 1.29 is 0 Å². The minimum atomic E-state index is 0.244. The first-order valence-electron chi connectivity index (χ1n) is 7.40. The Morgan fingerprint density at radius 2 is 1.53 bits per heavy atom. The molecule has 0 radical (unpaired) electrons. The summed E-state index contributed by atoms with van der Waals surface area (Å²) in [6.45, 7) is 13.5. The van der Waals surface area contributed by atoms with Crippen molar-refractivity contribution in [2.24, 2.45) is 5.41 Å². The van der Waals surface area contributed by atoms with Crippen molar-refractivity contribution in [3.63, 3.8) is 0 Å². The summed E-state index contributed by atoms with van der Waals surface area (Å²) in [6.07, 6.45) is 1.14. The molecule has 0 unspecified atom stereocenters. The lowest BCUT2D eigenvalue weighted by atomic mass is 9.81. The first-order valence-corrected chi connectivity index (χ1v) is 7.40. The van der Waals surface area contributed by atoms with E-state index in [2.05, 4.69) is 62.6 Å². The summed E-state index contributed by atoms with van der Waals surface area (Å²) in [5.41, 5.74) is 3.42. The molecule has 106 valence electrons. The van der Waals surface area contributed by atoms with Crippen molar-refractivity contribution in [2.45, 2.75) is 39.5 Å². The molecule has 0 bridgehead atoms. The van der Waals surface area contributed by atoms with Gasteiger partial charge in [0.15, 0.2) is 0 Å². The van der Waals surface area contributed by atoms with Gasteiger partial charge in [-0.1, -0.05) is 52.0 Å². The fourth-order valence-electron chi connectivity index (χ4n) is 2.76. The molecule has 0 spiro atoms. The number of benzene rings is 1. The first kappa shape index (κ1) is 14.5. The van der Waals surface area contributed by atoms with Crippen LogP contribution in [0.3, 0.4) is 0 Å². The number of hydrogen-bond acceptors (Lipinski definition) is 2. The largest absolute Gasteiger partial charge is 0.315 e. The molecule has 0 atom stereocenters. The molecule has 2 nitrogen and oxygen atoms in total. The average Bonchev–Trinajstić information content (AvgIpc) is 2.53. The number of rotatable bonds is 2. The van der Waals surface area contributed by atoms with Gasteiger partial charge in [-0.15, -0.1) is 0 Å². The Bertz CT molecular complexity index is 392. The van der Waals surface area contributed by atoms with E-state index in [9.17, 15) is 0 Å². The van der Waals surface area contributed by atoms with Gasteiger partial charge >= 0.3 is 0 Å². The molecule has 2 rings (SSSR count). The zero-order valence-electron chi connectivity index (χ0n) is 12.8. The Morgan fingerprint density at radius 1 is 1.00 bits per heavy atom. The van der Waals surface area contributed by atoms with Crippen LogP contribution in [0.25, 0.3) is 0 Å². The molecular weight excluding hydrogens is 232 g/mol. The molecule has 0 aromatic heterocycles. The van der Waals surface area contributed by atoms with Gasteiger partial charge in [-0.3, -0.25) is 0 Å². The predicted molar refractivity (Wildman–Crippen MR) is 82.7 cm³/mol. The summed E-state index contributed by atoms with van der Waals surface area (Å²) in [7, 11) is 0. The lowest BCUT2D eigenvalue weighted by molar-refractivity contribution is 0.314. The van der Waals surface area contributed by atoms with Crippen LogP contribution in [0, 0.1) is 5.41 Å². The van der Waals surface area contributed by atoms with Crippen LogP contribution >= 0.6 is 0 Å². The lowest BCUT2D eigenvalue weighted by Gasteiger charge is -2.28. The zero-order chi connectivity index (χ0) is 13.9. The van der Waals surface area contributed by atoms with E-state index in [0.717, 1.165) is 32.6 Å². The average molecular weight is 260 g/mol. The van der Waals surface area contributed by atoms with E-state index in [1.54, 1.807) is 0 Å². The highest BCUT2D eigenvalue weighted by molar-refractivity contribution is 5.28. The Morgan fingerprint density at radius 3 is 2.00 bits per heavy atom. The fraction of sp³-hybridized carbons (Fsp3) is 0.647. The second kappa shape index (κ2) is 5.64. The second-order valence-electron chi connectivity index (χ2n) is 7.29. The summed E-state index contributed by atoms with van der Waals surface area (Å²) < 4.78 is 0. The third-order valence-electron chi connectivity index (χ3n) is 4.03. The van der Waals surface area contributed by atoms with E-state index in [-0.39, 0.29) is 5.41 Å². The number of hydrogen-bond donors (Lipinski definition) is 2. The van der Waals surface area contributed by atoms with Crippen molar-refractivity contribution in [3.05, 3.63) is 35.4 Å². The van der Waals surface area contributed by atoms with Crippen molar-refractivity contribution in [1.29, 1.82) is 0 Å². The van der Waals surface area contributed by atoms with E-state index in [1.165, 1.54) is 11.1 Å². The van der Waals surface area contributed by atoms with Crippen LogP contribution in [-0.2, 0) is 11.8 Å². The van der Waals surface area contributed by atoms with Gasteiger partial charge < -0.3 is 10.6 Å². The monoisotopic (exact) mass is 260 g/mol. The molecule has 0 saturated carbocycles. The van der Waals surface area contributed by atoms with E-state index in [0.29, 0.717) is 5.41 Å². The maximum Gasteiger partial charge on any atom is 0.00769 e. The van der Waals surface area contributed by atoms with Crippen molar-refractivity contribution in [2.75, 3.05) is 26.2 Å². The van der Waals surface area contributed by atoms with Gasteiger partial charge in [0.25, 0.3) is 0 Å². The smallest absolute Gasteiger partial charge is 0.00769 e. The maximum absolute atomic E-state index is 3.53. The summed E-state index contributed by atoms with van der Waals surface area (Å²) in [5, 5.41) is 7.06. The zero-order valence-corrected chi connectivity index (χ0v) is 12.8. The summed E-state index contributed by atoms with van der Waals surface area (Å²) in [6, 6.07) is 9.18. The Kier molecular flexibility index (Phi) is 4.32.